The molecule has 0 radical (unpaired) electrons. The third kappa shape index (κ3) is 4.41. The van der Waals surface area contributed by atoms with Gasteiger partial charge in [0.1, 0.15) is 0 Å². The summed E-state index contributed by atoms with van der Waals surface area (Å²) in [6.07, 6.45) is 0.880. The molecule has 0 aromatic heterocycles. The normalized spacial score (nSPS) is 10.4. The number of nitrogens with two attached hydrogens (primary N) is 1. The van der Waals surface area contributed by atoms with Gasteiger partial charge in [-0.1, -0.05) is 40.2 Å². The fraction of sp³-hybridized carbons (Fsp3) is 0.235. The van der Waals surface area contributed by atoms with Gasteiger partial charge in [0.05, 0.1) is 0 Å². The van der Waals surface area contributed by atoms with Crippen LogP contribution in [-0.2, 0) is 13.0 Å². The lowest BCUT2D eigenvalue weighted by Crippen LogP contribution is -2.23. The Labute approximate surface area is 133 Å². The average Bonchev–Trinajstić information content (AvgIpc) is 2.46. The number of carbonyl (C=O) groups is 1. The van der Waals surface area contributed by atoms with E-state index in [4.69, 9.17) is 5.73 Å². The predicted molar refractivity (Wildman–Crippen MR) is 89.2 cm³/mol. The summed E-state index contributed by atoms with van der Waals surface area (Å²) in [5.74, 6) is -0.0500. The van der Waals surface area contributed by atoms with Gasteiger partial charge >= 0.3 is 0 Å². The van der Waals surface area contributed by atoms with Crippen molar-refractivity contribution in [3.63, 3.8) is 0 Å². The maximum atomic E-state index is 12.2. The number of aryl methyl sites for hydroxylation is 1. The van der Waals surface area contributed by atoms with E-state index >= 15 is 0 Å². The van der Waals surface area contributed by atoms with Crippen LogP contribution in [0, 0.1) is 6.92 Å². The number of carbonyl (C=O) groups excluding carboxylic acids is 1. The maximum Gasteiger partial charge on any atom is 0.251 e. The van der Waals surface area contributed by atoms with Crippen LogP contribution >= 0.6 is 15.9 Å². The second-order valence-corrected chi connectivity index (χ2v) is 5.91. The molecule has 3 N–H and O–H groups in total. The first-order valence-electron chi connectivity index (χ1n) is 6.92. The van der Waals surface area contributed by atoms with E-state index < -0.39 is 0 Å². The molecule has 0 aliphatic heterocycles. The van der Waals surface area contributed by atoms with Crippen LogP contribution in [0.1, 0.15) is 27.0 Å². The molecule has 0 aliphatic carbocycles. The van der Waals surface area contributed by atoms with Gasteiger partial charge in [-0.15, -0.1) is 0 Å². The first-order valence-corrected chi connectivity index (χ1v) is 7.71. The molecular weight excluding hydrogens is 328 g/mol. The molecule has 3 nitrogen and oxygen atoms in total. The van der Waals surface area contributed by atoms with Gasteiger partial charge < -0.3 is 11.1 Å². The molecule has 2 rings (SSSR count). The largest absolute Gasteiger partial charge is 0.348 e. The van der Waals surface area contributed by atoms with Gasteiger partial charge in [-0.3, -0.25) is 4.79 Å². The summed E-state index contributed by atoms with van der Waals surface area (Å²) in [6.45, 7) is 3.11. The summed E-state index contributed by atoms with van der Waals surface area (Å²) in [5, 5.41) is 2.95. The number of hydrogen-bond donors (Lipinski definition) is 2. The Morgan fingerprint density at radius 1 is 1.14 bits per heavy atom. The molecule has 21 heavy (non-hydrogen) atoms. The molecule has 0 spiro atoms. The number of hydrogen-bond acceptors (Lipinski definition) is 2. The Bertz CT molecular complexity index is 623. The Morgan fingerprint density at radius 2 is 1.81 bits per heavy atom. The minimum Gasteiger partial charge on any atom is -0.348 e. The van der Waals surface area contributed by atoms with Crippen molar-refractivity contribution < 1.29 is 4.79 Å². The zero-order valence-electron chi connectivity index (χ0n) is 12.0. The van der Waals surface area contributed by atoms with Gasteiger partial charge in [0.25, 0.3) is 5.91 Å². The van der Waals surface area contributed by atoms with E-state index in [1.165, 1.54) is 5.56 Å². The molecule has 2 aromatic rings. The Morgan fingerprint density at radius 3 is 2.43 bits per heavy atom. The number of benzene rings is 2. The van der Waals surface area contributed by atoms with Crippen LogP contribution < -0.4 is 11.1 Å². The molecule has 0 saturated heterocycles. The van der Waals surface area contributed by atoms with E-state index in [1.54, 1.807) is 0 Å². The second kappa shape index (κ2) is 7.38. The highest BCUT2D eigenvalue weighted by molar-refractivity contribution is 9.10. The summed E-state index contributed by atoms with van der Waals surface area (Å²) in [7, 11) is 0. The molecule has 4 heteroatoms. The highest BCUT2D eigenvalue weighted by atomic mass is 79.9. The molecule has 0 fully saturated rings. The fourth-order valence-electron chi connectivity index (χ4n) is 2.15. The molecule has 1 amide bonds. The third-order valence-corrected chi connectivity index (χ3v) is 3.84. The van der Waals surface area contributed by atoms with E-state index in [0.717, 1.165) is 22.0 Å². The average molecular weight is 347 g/mol. The fourth-order valence-corrected chi connectivity index (χ4v) is 2.63. The molecule has 0 atom stereocenters. The number of nitrogens with one attached hydrogen (secondary N) is 1. The quantitative estimate of drug-likeness (QED) is 0.873. The highest BCUT2D eigenvalue weighted by Gasteiger charge is 2.08. The molecule has 0 aliphatic rings. The lowest BCUT2D eigenvalue weighted by Gasteiger charge is -2.09. The maximum absolute atomic E-state index is 12.2. The van der Waals surface area contributed by atoms with Crippen molar-refractivity contribution in [2.24, 2.45) is 5.73 Å². The van der Waals surface area contributed by atoms with Crippen LogP contribution in [-0.4, -0.2) is 12.5 Å². The lowest BCUT2D eigenvalue weighted by atomic mass is 10.1. The van der Waals surface area contributed by atoms with Gasteiger partial charge in [0.15, 0.2) is 0 Å². The van der Waals surface area contributed by atoms with Crippen LogP contribution in [0.3, 0.4) is 0 Å². The summed E-state index contributed by atoms with van der Waals surface area (Å²) in [4.78, 5) is 12.2. The minimum atomic E-state index is -0.0500. The Kier molecular flexibility index (Phi) is 5.53. The predicted octanol–water partition coefficient (Wildman–Crippen LogP) is 3.19. The van der Waals surface area contributed by atoms with Crippen molar-refractivity contribution in [3.05, 3.63) is 69.2 Å². The van der Waals surface area contributed by atoms with Gasteiger partial charge in [0, 0.05) is 16.6 Å². The van der Waals surface area contributed by atoms with E-state index in [1.807, 2.05) is 37.3 Å². The zero-order chi connectivity index (χ0) is 15.2. The summed E-state index contributed by atoms with van der Waals surface area (Å²) < 4.78 is 0.979. The topological polar surface area (TPSA) is 55.1 Å². The van der Waals surface area contributed by atoms with Gasteiger partial charge in [-0.2, -0.15) is 0 Å². The zero-order valence-corrected chi connectivity index (χ0v) is 13.6. The molecule has 110 valence electrons. The van der Waals surface area contributed by atoms with Gasteiger partial charge in [-0.05, 0) is 54.8 Å². The third-order valence-electron chi connectivity index (χ3n) is 3.34. The van der Waals surface area contributed by atoms with E-state index in [2.05, 4.69) is 33.4 Å². The van der Waals surface area contributed by atoms with Crippen LogP contribution in [0.15, 0.2) is 46.9 Å². The van der Waals surface area contributed by atoms with Gasteiger partial charge in [0.2, 0.25) is 0 Å². The first-order chi connectivity index (χ1) is 10.1. The SMILES string of the molecule is Cc1cc(Br)ccc1C(=O)NCc1ccc(CCN)cc1. The van der Waals surface area contributed by atoms with Crippen molar-refractivity contribution in [2.45, 2.75) is 19.9 Å². The molecule has 0 heterocycles. The molecular formula is C17H19BrN2O. The van der Waals surface area contributed by atoms with Crippen molar-refractivity contribution in [3.8, 4) is 0 Å². The monoisotopic (exact) mass is 346 g/mol. The van der Waals surface area contributed by atoms with Crippen LogP contribution in [0.25, 0.3) is 0 Å². The number of rotatable bonds is 5. The van der Waals surface area contributed by atoms with E-state index in [9.17, 15) is 4.79 Å². The van der Waals surface area contributed by atoms with Crippen molar-refractivity contribution in [2.75, 3.05) is 6.54 Å². The van der Waals surface area contributed by atoms with Crippen LogP contribution in [0.5, 0.6) is 0 Å². The standard InChI is InChI=1S/C17H19BrN2O/c1-12-10-15(18)6-7-16(12)17(21)20-11-14-4-2-13(3-5-14)8-9-19/h2-7,10H,8-9,11,19H2,1H3,(H,20,21). The molecule has 0 unspecified atom stereocenters. The van der Waals surface area contributed by atoms with E-state index in [0.29, 0.717) is 18.7 Å². The van der Waals surface area contributed by atoms with Gasteiger partial charge in [-0.25, -0.2) is 0 Å². The van der Waals surface area contributed by atoms with Crippen molar-refractivity contribution in [1.29, 1.82) is 0 Å². The van der Waals surface area contributed by atoms with Crippen molar-refractivity contribution >= 4 is 21.8 Å². The highest BCUT2D eigenvalue weighted by Crippen LogP contribution is 2.16. The van der Waals surface area contributed by atoms with Crippen LogP contribution in [0.2, 0.25) is 0 Å². The van der Waals surface area contributed by atoms with E-state index in [-0.39, 0.29) is 5.91 Å². The number of halogens is 1. The lowest BCUT2D eigenvalue weighted by molar-refractivity contribution is 0.0950. The second-order valence-electron chi connectivity index (χ2n) is 5.00. The smallest absolute Gasteiger partial charge is 0.251 e. The molecule has 0 bridgehead atoms. The number of amides is 1. The summed E-state index contributed by atoms with van der Waals surface area (Å²) >= 11 is 3.40. The Balaban J connectivity index is 1.97. The Hall–Kier alpha value is -1.65. The summed E-state index contributed by atoms with van der Waals surface area (Å²) in [6, 6.07) is 13.8. The molecule has 0 saturated carbocycles. The minimum absolute atomic E-state index is 0.0500. The van der Waals surface area contributed by atoms with Crippen LogP contribution in [0.4, 0.5) is 0 Å². The summed E-state index contributed by atoms with van der Waals surface area (Å²) in [5.41, 5.74) is 9.49. The first kappa shape index (κ1) is 15.7. The van der Waals surface area contributed by atoms with Crippen molar-refractivity contribution in [1.82, 2.24) is 5.32 Å². The molecule has 2 aromatic carbocycles.